The number of rotatable bonds is 3. The molecule has 0 bridgehead atoms. The lowest BCUT2D eigenvalue weighted by Crippen LogP contribution is -2.41. The van der Waals surface area contributed by atoms with Gasteiger partial charge in [0.2, 0.25) is 5.91 Å². The summed E-state index contributed by atoms with van der Waals surface area (Å²) in [5.41, 5.74) is 0.460. The van der Waals surface area contributed by atoms with Gasteiger partial charge in [-0.2, -0.15) is 0 Å². The van der Waals surface area contributed by atoms with Gasteiger partial charge < -0.3 is 10.4 Å². The molecule has 0 aromatic heterocycles. The third-order valence-corrected chi connectivity index (χ3v) is 2.61. The van der Waals surface area contributed by atoms with Crippen LogP contribution in [-0.4, -0.2) is 17.1 Å². The van der Waals surface area contributed by atoms with Gasteiger partial charge in [0.1, 0.15) is 0 Å². The monoisotopic (exact) mass is 235 g/mol. The number of aliphatic hydroxyl groups excluding tert-OH is 1. The summed E-state index contributed by atoms with van der Waals surface area (Å²) in [6, 6.07) is 9.15. The van der Waals surface area contributed by atoms with Crippen LogP contribution in [0.3, 0.4) is 0 Å². The Kier molecular flexibility index (Phi) is 4.29. The first kappa shape index (κ1) is 13.7. The summed E-state index contributed by atoms with van der Waals surface area (Å²) in [6.07, 6.45) is -0.622. The van der Waals surface area contributed by atoms with Crippen molar-refractivity contribution in [2.24, 2.45) is 5.41 Å². The van der Waals surface area contributed by atoms with Crippen molar-refractivity contribution in [2.45, 2.75) is 39.8 Å². The Labute approximate surface area is 103 Å². The van der Waals surface area contributed by atoms with Crippen molar-refractivity contribution in [3.8, 4) is 0 Å². The number of hydrogen-bond acceptors (Lipinski definition) is 2. The van der Waals surface area contributed by atoms with Gasteiger partial charge in [0, 0.05) is 5.41 Å². The highest BCUT2D eigenvalue weighted by Gasteiger charge is 2.26. The second-order valence-electron chi connectivity index (χ2n) is 5.35. The van der Waals surface area contributed by atoms with Crippen LogP contribution in [0.4, 0.5) is 0 Å². The predicted octanol–water partition coefficient (Wildman–Crippen LogP) is 2.27. The van der Waals surface area contributed by atoms with E-state index >= 15 is 0 Å². The summed E-state index contributed by atoms with van der Waals surface area (Å²) in [5, 5.41) is 12.6. The summed E-state index contributed by atoms with van der Waals surface area (Å²) in [6.45, 7) is 7.24. The Balaban J connectivity index is 2.86. The normalized spacial score (nSPS) is 15.1. The van der Waals surface area contributed by atoms with Crippen LogP contribution >= 0.6 is 0 Å². The summed E-state index contributed by atoms with van der Waals surface area (Å²) in [7, 11) is 0. The van der Waals surface area contributed by atoms with E-state index in [2.05, 4.69) is 5.32 Å². The average Bonchev–Trinajstić information content (AvgIpc) is 2.25. The molecular weight excluding hydrogens is 214 g/mol. The van der Waals surface area contributed by atoms with Crippen LogP contribution < -0.4 is 5.32 Å². The summed E-state index contributed by atoms with van der Waals surface area (Å²) >= 11 is 0. The maximum absolute atomic E-state index is 11.9. The number of carbonyl (C=O) groups excluding carboxylic acids is 1. The predicted molar refractivity (Wildman–Crippen MR) is 68.5 cm³/mol. The maximum atomic E-state index is 11.9. The van der Waals surface area contributed by atoms with Crippen LogP contribution in [0.5, 0.6) is 0 Å². The van der Waals surface area contributed by atoms with Crippen LogP contribution in [-0.2, 0) is 4.79 Å². The zero-order chi connectivity index (χ0) is 13.1. The fraction of sp³-hybridized carbons (Fsp3) is 0.500. The van der Waals surface area contributed by atoms with E-state index in [4.69, 9.17) is 0 Å². The number of carbonyl (C=O) groups is 1. The number of benzene rings is 1. The number of amides is 1. The SMILES string of the molecule is CC(O)C(NC(=O)C(C)(C)C)c1ccccc1. The Morgan fingerprint density at radius 2 is 1.76 bits per heavy atom. The molecule has 17 heavy (non-hydrogen) atoms. The third kappa shape index (κ3) is 3.86. The minimum atomic E-state index is -0.622. The smallest absolute Gasteiger partial charge is 0.225 e. The van der Waals surface area contributed by atoms with Gasteiger partial charge in [-0.05, 0) is 12.5 Å². The summed E-state index contributed by atoms with van der Waals surface area (Å²) in [5.74, 6) is -0.0627. The second-order valence-corrected chi connectivity index (χ2v) is 5.35. The highest BCUT2D eigenvalue weighted by atomic mass is 16.3. The zero-order valence-electron chi connectivity index (χ0n) is 10.9. The van der Waals surface area contributed by atoms with Crippen molar-refractivity contribution in [3.63, 3.8) is 0 Å². The molecule has 0 saturated carbocycles. The number of hydrogen-bond donors (Lipinski definition) is 2. The molecule has 1 aromatic rings. The van der Waals surface area contributed by atoms with Crippen LogP contribution in [0.25, 0.3) is 0 Å². The van der Waals surface area contributed by atoms with Crippen molar-refractivity contribution in [1.29, 1.82) is 0 Å². The minimum Gasteiger partial charge on any atom is -0.391 e. The molecule has 0 saturated heterocycles. The first-order chi connectivity index (χ1) is 7.82. The Bertz CT molecular complexity index is 366. The van der Waals surface area contributed by atoms with E-state index in [9.17, 15) is 9.90 Å². The highest BCUT2D eigenvalue weighted by Crippen LogP contribution is 2.20. The van der Waals surface area contributed by atoms with E-state index in [1.807, 2.05) is 51.1 Å². The van der Waals surface area contributed by atoms with Crippen molar-refractivity contribution >= 4 is 5.91 Å². The second kappa shape index (κ2) is 5.32. The maximum Gasteiger partial charge on any atom is 0.225 e. The highest BCUT2D eigenvalue weighted by molar-refractivity contribution is 5.81. The molecule has 3 nitrogen and oxygen atoms in total. The van der Waals surface area contributed by atoms with Gasteiger partial charge in [0.15, 0.2) is 0 Å². The van der Waals surface area contributed by atoms with Crippen LogP contribution in [0.1, 0.15) is 39.3 Å². The van der Waals surface area contributed by atoms with Crippen molar-refractivity contribution in [3.05, 3.63) is 35.9 Å². The quantitative estimate of drug-likeness (QED) is 0.844. The fourth-order valence-corrected chi connectivity index (χ4v) is 1.50. The molecular formula is C14H21NO2. The molecule has 0 radical (unpaired) electrons. The summed E-state index contributed by atoms with van der Waals surface area (Å²) in [4.78, 5) is 11.9. The van der Waals surface area contributed by atoms with Gasteiger partial charge in [0.25, 0.3) is 0 Å². The summed E-state index contributed by atoms with van der Waals surface area (Å²) < 4.78 is 0. The molecule has 2 atom stereocenters. The molecule has 0 fully saturated rings. The van der Waals surface area contributed by atoms with Gasteiger partial charge in [-0.25, -0.2) is 0 Å². The largest absolute Gasteiger partial charge is 0.391 e. The molecule has 0 aliphatic carbocycles. The van der Waals surface area contributed by atoms with Gasteiger partial charge in [-0.1, -0.05) is 51.1 Å². The fourth-order valence-electron chi connectivity index (χ4n) is 1.50. The first-order valence-electron chi connectivity index (χ1n) is 5.86. The molecule has 2 N–H and O–H groups in total. The van der Waals surface area contributed by atoms with E-state index in [-0.39, 0.29) is 11.9 Å². The average molecular weight is 235 g/mol. The van der Waals surface area contributed by atoms with Crippen molar-refractivity contribution < 1.29 is 9.90 Å². The molecule has 0 heterocycles. The standard InChI is InChI=1S/C14H21NO2/c1-10(16)12(11-8-6-5-7-9-11)15-13(17)14(2,3)4/h5-10,12,16H,1-4H3,(H,15,17). The molecule has 1 amide bonds. The zero-order valence-corrected chi connectivity index (χ0v) is 10.9. The van der Waals surface area contributed by atoms with E-state index in [0.29, 0.717) is 0 Å². The van der Waals surface area contributed by atoms with Gasteiger partial charge in [-0.15, -0.1) is 0 Å². The molecule has 2 unspecified atom stereocenters. The minimum absolute atomic E-state index is 0.0627. The Hall–Kier alpha value is -1.35. The van der Waals surface area contributed by atoms with Gasteiger partial charge in [0.05, 0.1) is 12.1 Å². The molecule has 0 spiro atoms. The van der Waals surface area contributed by atoms with E-state index in [0.717, 1.165) is 5.56 Å². The lowest BCUT2D eigenvalue weighted by atomic mass is 9.93. The molecule has 1 aromatic carbocycles. The first-order valence-corrected chi connectivity index (χ1v) is 5.86. The lowest BCUT2D eigenvalue weighted by molar-refractivity contribution is -0.130. The molecule has 94 valence electrons. The molecule has 1 rings (SSSR count). The van der Waals surface area contributed by atoms with Gasteiger partial charge >= 0.3 is 0 Å². The molecule has 0 aliphatic heterocycles. The van der Waals surface area contributed by atoms with E-state index < -0.39 is 11.5 Å². The van der Waals surface area contributed by atoms with E-state index in [1.54, 1.807) is 6.92 Å². The molecule has 3 heteroatoms. The Morgan fingerprint density at radius 1 is 1.24 bits per heavy atom. The van der Waals surface area contributed by atoms with E-state index in [1.165, 1.54) is 0 Å². The van der Waals surface area contributed by atoms with Crippen molar-refractivity contribution in [2.75, 3.05) is 0 Å². The van der Waals surface area contributed by atoms with Gasteiger partial charge in [-0.3, -0.25) is 4.79 Å². The third-order valence-electron chi connectivity index (χ3n) is 2.61. The van der Waals surface area contributed by atoms with Crippen molar-refractivity contribution in [1.82, 2.24) is 5.32 Å². The van der Waals surface area contributed by atoms with Crippen LogP contribution in [0.15, 0.2) is 30.3 Å². The number of aliphatic hydroxyl groups is 1. The molecule has 0 aliphatic rings. The van der Waals surface area contributed by atoms with Crippen LogP contribution in [0.2, 0.25) is 0 Å². The topological polar surface area (TPSA) is 49.3 Å². The number of nitrogens with one attached hydrogen (secondary N) is 1. The lowest BCUT2D eigenvalue weighted by Gasteiger charge is -2.26. The van der Waals surface area contributed by atoms with Crippen LogP contribution in [0, 0.1) is 5.41 Å². The Morgan fingerprint density at radius 3 is 2.18 bits per heavy atom.